The second-order valence-electron chi connectivity index (χ2n) is 6.25. The average Bonchev–Trinajstić information content (AvgIpc) is 3.04. The molecule has 1 aliphatic heterocycles. The lowest BCUT2D eigenvalue weighted by molar-refractivity contribution is -0.130. The molecule has 0 unspecified atom stereocenters. The summed E-state index contributed by atoms with van der Waals surface area (Å²) in [5.41, 5.74) is 1.39. The van der Waals surface area contributed by atoms with Gasteiger partial charge in [0, 0.05) is 13.1 Å². The Bertz CT molecular complexity index is 659. The van der Waals surface area contributed by atoms with Crippen LogP contribution in [0.4, 0.5) is 0 Å². The lowest BCUT2D eigenvalue weighted by atomic mass is 9.91. The molecule has 4 nitrogen and oxygen atoms in total. The quantitative estimate of drug-likeness (QED) is 0.734. The standard InChI is InChI=1S/C18H23N3OS2/c1-14-19-20-18(24-14)23-13-17(22)21-11-5-8-16(12-21)10-9-15-6-3-2-4-7-15/h2-4,6-7,16H,5,8-13H2,1H3/t16-/m0/s1. The van der Waals surface area contributed by atoms with Crippen molar-refractivity contribution in [2.75, 3.05) is 18.8 Å². The van der Waals surface area contributed by atoms with Gasteiger partial charge in [0.2, 0.25) is 5.91 Å². The van der Waals surface area contributed by atoms with Crippen LogP contribution in [-0.4, -0.2) is 39.8 Å². The number of hydrogen-bond acceptors (Lipinski definition) is 5. The molecule has 24 heavy (non-hydrogen) atoms. The smallest absolute Gasteiger partial charge is 0.233 e. The van der Waals surface area contributed by atoms with Gasteiger partial charge in [-0.2, -0.15) is 0 Å². The molecule has 1 aromatic heterocycles. The van der Waals surface area contributed by atoms with Crippen molar-refractivity contribution >= 4 is 29.0 Å². The van der Waals surface area contributed by atoms with Gasteiger partial charge in [-0.15, -0.1) is 10.2 Å². The number of nitrogens with zero attached hydrogens (tertiary/aromatic N) is 3. The second-order valence-corrected chi connectivity index (χ2v) is 8.65. The van der Waals surface area contributed by atoms with Crippen molar-refractivity contribution in [3.8, 4) is 0 Å². The largest absolute Gasteiger partial charge is 0.342 e. The van der Waals surface area contributed by atoms with Crippen LogP contribution in [0.5, 0.6) is 0 Å². The summed E-state index contributed by atoms with van der Waals surface area (Å²) in [5.74, 6) is 1.33. The predicted octanol–water partition coefficient (Wildman–Crippen LogP) is 3.81. The first-order chi connectivity index (χ1) is 11.7. The molecule has 1 atom stereocenters. The minimum atomic E-state index is 0.234. The maximum atomic E-state index is 12.5. The SMILES string of the molecule is Cc1nnc(SCC(=O)N2CCC[C@@H](CCc3ccccc3)C2)s1. The number of carbonyl (C=O) groups is 1. The Balaban J connectivity index is 1.45. The number of piperidine rings is 1. The maximum Gasteiger partial charge on any atom is 0.233 e. The summed E-state index contributed by atoms with van der Waals surface area (Å²) in [6.07, 6.45) is 4.62. The molecule has 1 aromatic carbocycles. The molecule has 0 bridgehead atoms. The van der Waals surface area contributed by atoms with Gasteiger partial charge >= 0.3 is 0 Å². The van der Waals surface area contributed by atoms with E-state index in [2.05, 4.69) is 40.5 Å². The molecule has 3 rings (SSSR count). The molecule has 1 aliphatic rings. The maximum absolute atomic E-state index is 12.5. The van der Waals surface area contributed by atoms with Gasteiger partial charge in [0.05, 0.1) is 5.75 Å². The summed E-state index contributed by atoms with van der Waals surface area (Å²) in [7, 11) is 0. The summed E-state index contributed by atoms with van der Waals surface area (Å²) in [4.78, 5) is 14.5. The van der Waals surface area contributed by atoms with Crippen LogP contribution in [0.25, 0.3) is 0 Å². The van der Waals surface area contributed by atoms with Crippen molar-refractivity contribution in [2.45, 2.75) is 36.9 Å². The first-order valence-electron chi connectivity index (χ1n) is 8.45. The molecule has 1 amide bonds. The second kappa shape index (κ2) is 8.62. The van der Waals surface area contributed by atoms with E-state index < -0.39 is 0 Å². The number of likely N-dealkylation sites (tertiary alicyclic amines) is 1. The third-order valence-electron chi connectivity index (χ3n) is 4.38. The molecule has 0 N–H and O–H groups in total. The Morgan fingerprint density at radius 1 is 1.33 bits per heavy atom. The third-order valence-corrected chi connectivity index (χ3v) is 6.34. The zero-order valence-electron chi connectivity index (χ0n) is 14.0. The number of rotatable bonds is 6. The Kier molecular flexibility index (Phi) is 6.26. The van der Waals surface area contributed by atoms with Crippen LogP contribution >= 0.6 is 23.1 Å². The molecule has 2 heterocycles. The van der Waals surface area contributed by atoms with Gasteiger partial charge in [0.15, 0.2) is 4.34 Å². The minimum absolute atomic E-state index is 0.234. The van der Waals surface area contributed by atoms with E-state index in [0.717, 1.165) is 41.7 Å². The van der Waals surface area contributed by atoms with Crippen molar-refractivity contribution in [1.29, 1.82) is 0 Å². The van der Waals surface area contributed by atoms with E-state index >= 15 is 0 Å². The first kappa shape index (κ1) is 17.4. The molecule has 0 aliphatic carbocycles. The Morgan fingerprint density at radius 2 is 2.17 bits per heavy atom. The van der Waals surface area contributed by atoms with Crippen LogP contribution in [0.2, 0.25) is 0 Å². The fourth-order valence-electron chi connectivity index (χ4n) is 3.09. The molecule has 6 heteroatoms. The van der Waals surface area contributed by atoms with Crippen molar-refractivity contribution in [3.63, 3.8) is 0 Å². The number of benzene rings is 1. The highest BCUT2D eigenvalue weighted by molar-refractivity contribution is 8.01. The van der Waals surface area contributed by atoms with E-state index in [0.29, 0.717) is 11.7 Å². The van der Waals surface area contributed by atoms with E-state index in [1.165, 1.54) is 23.7 Å². The van der Waals surface area contributed by atoms with E-state index in [-0.39, 0.29) is 5.91 Å². The number of carbonyl (C=O) groups excluding carboxylic acids is 1. The Hall–Kier alpha value is -1.40. The summed E-state index contributed by atoms with van der Waals surface area (Å²) in [6, 6.07) is 10.6. The van der Waals surface area contributed by atoms with Crippen molar-refractivity contribution in [3.05, 3.63) is 40.9 Å². The highest BCUT2D eigenvalue weighted by Crippen LogP contribution is 2.25. The molecule has 2 aromatic rings. The van der Waals surface area contributed by atoms with Gasteiger partial charge in [-0.05, 0) is 44.1 Å². The van der Waals surface area contributed by atoms with Gasteiger partial charge in [0.25, 0.3) is 0 Å². The number of thioether (sulfide) groups is 1. The third kappa shape index (κ3) is 5.05. The zero-order chi connectivity index (χ0) is 16.8. The van der Waals surface area contributed by atoms with Gasteiger partial charge in [-0.1, -0.05) is 53.4 Å². The van der Waals surface area contributed by atoms with Crippen LogP contribution in [0.3, 0.4) is 0 Å². The average molecular weight is 362 g/mol. The van der Waals surface area contributed by atoms with Gasteiger partial charge < -0.3 is 4.90 Å². The van der Waals surface area contributed by atoms with Crippen LogP contribution in [0.15, 0.2) is 34.7 Å². The summed E-state index contributed by atoms with van der Waals surface area (Å²) in [6.45, 7) is 3.74. The van der Waals surface area contributed by atoms with E-state index in [1.54, 1.807) is 11.3 Å². The van der Waals surface area contributed by atoms with E-state index in [9.17, 15) is 4.79 Å². The van der Waals surface area contributed by atoms with Crippen molar-refractivity contribution < 1.29 is 4.79 Å². The van der Waals surface area contributed by atoms with Crippen LogP contribution in [-0.2, 0) is 11.2 Å². The molecule has 1 fully saturated rings. The molecule has 1 saturated heterocycles. The van der Waals surface area contributed by atoms with E-state index in [1.807, 2.05) is 11.8 Å². The molecule has 0 spiro atoms. The number of aryl methyl sites for hydroxylation is 2. The molecular formula is C18H23N3OS2. The molecule has 128 valence electrons. The van der Waals surface area contributed by atoms with Gasteiger partial charge in [0.1, 0.15) is 5.01 Å². The molecular weight excluding hydrogens is 338 g/mol. The molecule has 0 radical (unpaired) electrons. The topological polar surface area (TPSA) is 46.1 Å². The highest BCUT2D eigenvalue weighted by atomic mass is 32.2. The van der Waals surface area contributed by atoms with Crippen molar-refractivity contribution in [1.82, 2.24) is 15.1 Å². The first-order valence-corrected chi connectivity index (χ1v) is 10.3. The van der Waals surface area contributed by atoms with Crippen LogP contribution in [0.1, 0.15) is 29.8 Å². The Labute approximate surface area is 151 Å². The zero-order valence-corrected chi connectivity index (χ0v) is 15.6. The highest BCUT2D eigenvalue weighted by Gasteiger charge is 2.23. The lowest BCUT2D eigenvalue weighted by Gasteiger charge is -2.32. The summed E-state index contributed by atoms with van der Waals surface area (Å²) >= 11 is 3.06. The number of amides is 1. The fourth-order valence-corrected chi connectivity index (χ4v) is 4.81. The number of hydrogen-bond donors (Lipinski definition) is 0. The predicted molar refractivity (Wildman–Crippen MR) is 99.4 cm³/mol. The van der Waals surface area contributed by atoms with Crippen molar-refractivity contribution in [2.24, 2.45) is 5.92 Å². The fraction of sp³-hybridized carbons (Fsp3) is 0.500. The number of aromatic nitrogens is 2. The normalized spacial score (nSPS) is 17.9. The van der Waals surface area contributed by atoms with E-state index in [4.69, 9.17) is 0 Å². The van der Waals surface area contributed by atoms with Crippen LogP contribution < -0.4 is 0 Å². The summed E-state index contributed by atoms with van der Waals surface area (Å²) < 4.78 is 0.887. The van der Waals surface area contributed by atoms with Gasteiger partial charge in [-0.3, -0.25) is 4.79 Å². The molecule has 0 saturated carbocycles. The minimum Gasteiger partial charge on any atom is -0.342 e. The Morgan fingerprint density at radius 3 is 2.92 bits per heavy atom. The van der Waals surface area contributed by atoms with Crippen LogP contribution in [0, 0.1) is 12.8 Å². The summed E-state index contributed by atoms with van der Waals surface area (Å²) in [5, 5.41) is 9.01. The monoisotopic (exact) mass is 361 g/mol. The van der Waals surface area contributed by atoms with Gasteiger partial charge in [-0.25, -0.2) is 0 Å². The lowest BCUT2D eigenvalue weighted by Crippen LogP contribution is -2.41.